The Bertz CT molecular complexity index is 1470. The van der Waals surface area contributed by atoms with E-state index in [4.69, 9.17) is 9.47 Å². The van der Waals surface area contributed by atoms with E-state index in [1.807, 2.05) is 115 Å². The van der Waals surface area contributed by atoms with E-state index in [2.05, 4.69) is 23.7 Å². The van der Waals surface area contributed by atoms with Gasteiger partial charge in [0.1, 0.15) is 12.4 Å². The van der Waals surface area contributed by atoms with E-state index in [0.717, 1.165) is 33.4 Å². The molecule has 0 spiro atoms. The number of ether oxygens (including phenoxy) is 2. The van der Waals surface area contributed by atoms with Crippen molar-refractivity contribution in [2.24, 2.45) is 0 Å². The van der Waals surface area contributed by atoms with E-state index >= 15 is 0 Å². The minimum Gasteiger partial charge on any atom is -0.490 e. The van der Waals surface area contributed by atoms with Crippen LogP contribution in [0.1, 0.15) is 40.3 Å². The molecule has 0 bridgehead atoms. The minimum atomic E-state index is -0.961. The highest BCUT2D eigenvalue weighted by Crippen LogP contribution is 2.16. The van der Waals surface area contributed by atoms with Crippen LogP contribution in [0.25, 0.3) is 6.08 Å². The third-order valence-electron chi connectivity index (χ3n) is 5.85. The molecule has 1 N–H and O–H groups in total. The summed E-state index contributed by atoms with van der Waals surface area (Å²) in [4.78, 5) is 11.3. The van der Waals surface area contributed by atoms with Crippen LogP contribution in [0.2, 0.25) is 0 Å². The minimum absolute atomic E-state index is 0.308. The Morgan fingerprint density at radius 3 is 1.85 bits per heavy atom. The Balaban J connectivity index is 1.45. The zero-order valence-electron chi connectivity index (χ0n) is 22.3. The SMILES string of the molecule is CCOC(Cc1ccc(OCC=Cc2cc(C#Cc3ccccc3)cc(C#Cc3ccccc3)c2)cc1)C(=O)O. The van der Waals surface area contributed by atoms with Gasteiger partial charge in [0, 0.05) is 35.3 Å². The van der Waals surface area contributed by atoms with Crippen LogP contribution in [-0.2, 0) is 16.0 Å². The summed E-state index contributed by atoms with van der Waals surface area (Å²) in [5.41, 5.74) is 5.53. The molecule has 0 heterocycles. The van der Waals surface area contributed by atoms with Crippen molar-refractivity contribution in [3.05, 3.63) is 143 Å². The number of hydrogen-bond acceptors (Lipinski definition) is 3. The molecule has 4 aromatic rings. The van der Waals surface area contributed by atoms with Gasteiger partial charge in [-0.15, -0.1) is 0 Å². The maximum absolute atomic E-state index is 11.3. The Kier molecular flexibility index (Phi) is 10.3. The van der Waals surface area contributed by atoms with Crippen LogP contribution in [0.4, 0.5) is 0 Å². The van der Waals surface area contributed by atoms with Crippen molar-refractivity contribution in [3.8, 4) is 29.4 Å². The first kappa shape index (κ1) is 28.0. The van der Waals surface area contributed by atoms with Crippen molar-refractivity contribution in [2.75, 3.05) is 13.2 Å². The zero-order chi connectivity index (χ0) is 28.0. The van der Waals surface area contributed by atoms with Gasteiger partial charge in [-0.2, -0.15) is 0 Å². The highest BCUT2D eigenvalue weighted by molar-refractivity contribution is 5.72. The summed E-state index contributed by atoms with van der Waals surface area (Å²) in [5, 5.41) is 9.28. The molecule has 4 rings (SSSR count). The van der Waals surface area contributed by atoms with Gasteiger partial charge in [-0.05, 0) is 78.7 Å². The first-order chi connectivity index (χ1) is 19.6. The van der Waals surface area contributed by atoms with Gasteiger partial charge in [0.25, 0.3) is 0 Å². The summed E-state index contributed by atoms with van der Waals surface area (Å²) >= 11 is 0. The molecular weight excluding hydrogens is 496 g/mol. The first-order valence-corrected chi connectivity index (χ1v) is 13.1. The number of aliphatic carboxylic acids is 1. The van der Waals surface area contributed by atoms with Crippen LogP contribution < -0.4 is 4.74 Å². The molecule has 4 aromatic carbocycles. The van der Waals surface area contributed by atoms with Crippen LogP contribution in [0.15, 0.2) is 109 Å². The molecule has 0 fully saturated rings. The van der Waals surface area contributed by atoms with E-state index in [0.29, 0.717) is 25.4 Å². The lowest BCUT2D eigenvalue weighted by atomic mass is 10.0. The molecule has 0 aliphatic carbocycles. The maximum Gasteiger partial charge on any atom is 0.333 e. The second-order valence-electron chi connectivity index (χ2n) is 8.92. The normalized spacial score (nSPS) is 11.1. The lowest BCUT2D eigenvalue weighted by molar-refractivity contribution is -0.149. The van der Waals surface area contributed by atoms with Crippen LogP contribution in [0.5, 0.6) is 5.75 Å². The monoisotopic (exact) mass is 526 g/mol. The topological polar surface area (TPSA) is 55.8 Å². The molecule has 0 amide bonds. The Morgan fingerprint density at radius 1 is 0.775 bits per heavy atom. The predicted molar refractivity (Wildman–Crippen MR) is 159 cm³/mol. The molecule has 4 heteroatoms. The van der Waals surface area contributed by atoms with Crippen molar-refractivity contribution < 1.29 is 19.4 Å². The molecule has 0 radical (unpaired) electrons. The molecule has 0 saturated carbocycles. The summed E-state index contributed by atoms with van der Waals surface area (Å²) in [6.45, 7) is 2.52. The summed E-state index contributed by atoms with van der Waals surface area (Å²) in [6, 6.07) is 33.3. The van der Waals surface area contributed by atoms with Gasteiger partial charge in [0.15, 0.2) is 6.10 Å². The average molecular weight is 527 g/mol. The fraction of sp³-hybridized carbons (Fsp3) is 0.139. The molecule has 0 aromatic heterocycles. The lowest BCUT2D eigenvalue weighted by Gasteiger charge is -2.12. The number of benzene rings is 4. The van der Waals surface area contributed by atoms with E-state index in [1.54, 1.807) is 6.92 Å². The van der Waals surface area contributed by atoms with Crippen molar-refractivity contribution >= 4 is 12.0 Å². The van der Waals surface area contributed by atoms with Gasteiger partial charge in [-0.1, -0.05) is 78.3 Å². The van der Waals surface area contributed by atoms with E-state index < -0.39 is 12.1 Å². The molecule has 1 unspecified atom stereocenters. The predicted octanol–water partition coefficient (Wildman–Crippen LogP) is 6.61. The van der Waals surface area contributed by atoms with E-state index in [-0.39, 0.29) is 0 Å². The maximum atomic E-state index is 11.3. The Hall–Kier alpha value is -5.03. The molecule has 0 aliphatic rings. The van der Waals surface area contributed by atoms with E-state index in [9.17, 15) is 9.90 Å². The number of carboxylic acid groups (broad SMARTS) is 1. The average Bonchev–Trinajstić information content (AvgIpc) is 2.99. The summed E-state index contributed by atoms with van der Waals surface area (Å²) in [6.07, 6.45) is 3.40. The summed E-state index contributed by atoms with van der Waals surface area (Å²) < 4.78 is 11.2. The standard InChI is InChI=1S/C36H30O4/c1-2-39-35(36(37)38)27-30-19-21-34(22-20-30)40-23-9-14-31-24-32(17-15-28-10-5-3-6-11-28)26-33(25-31)18-16-29-12-7-4-8-13-29/h3-14,19-22,24-26,35H,2,23,27H2,1H3,(H,37,38). The van der Waals surface area contributed by atoms with Gasteiger partial charge >= 0.3 is 5.97 Å². The zero-order valence-corrected chi connectivity index (χ0v) is 22.3. The Labute approximate surface area is 235 Å². The third kappa shape index (κ3) is 9.07. The second kappa shape index (κ2) is 14.8. The summed E-state index contributed by atoms with van der Waals surface area (Å²) in [5.74, 6) is 12.7. The molecule has 0 aliphatic heterocycles. The second-order valence-corrected chi connectivity index (χ2v) is 8.92. The molecule has 198 valence electrons. The quantitative estimate of drug-likeness (QED) is 0.249. The number of hydrogen-bond donors (Lipinski definition) is 1. The number of carbonyl (C=O) groups is 1. The van der Waals surface area contributed by atoms with Crippen LogP contribution in [0, 0.1) is 23.7 Å². The molecule has 40 heavy (non-hydrogen) atoms. The molecular formula is C36H30O4. The first-order valence-electron chi connectivity index (χ1n) is 13.1. The van der Waals surface area contributed by atoms with Crippen LogP contribution in [0.3, 0.4) is 0 Å². The highest BCUT2D eigenvalue weighted by Gasteiger charge is 2.17. The number of rotatable bonds is 9. The van der Waals surface area contributed by atoms with Crippen molar-refractivity contribution in [1.82, 2.24) is 0 Å². The Morgan fingerprint density at radius 2 is 1.32 bits per heavy atom. The smallest absolute Gasteiger partial charge is 0.333 e. The van der Waals surface area contributed by atoms with Gasteiger partial charge in [0.2, 0.25) is 0 Å². The fourth-order valence-electron chi connectivity index (χ4n) is 3.91. The van der Waals surface area contributed by atoms with Crippen molar-refractivity contribution in [1.29, 1.82) is 0 Å². The van der Waals surface area contributed by atoms with Crippen LogP contribution >= 0.6 is 0 Å². The molecule has 4 nitrogen and oxygen atoms in total. The highest BCUT2D eigenvalue weighted by atomic mass is 16.5. The third-order valence-corrected chi connectivity index (χ3v) is 5.85. The largest absolute Gasteiger partial charge is 0.490 e. The van der Waals surface area contributed by atoms with Crippen LogP contribution in [-0.4, -0.2) is 30.4 Å². The molecule has 0 saturated heterocycles. The van der Waals surface area contributed by atoms with Gasteiger partial charge in [0.05, 0.1) is 0 Å². The van der Waals surface area contributed by atoms with Crippen molar-refractivity contribution in [2.45, 2.75) is 19.4 Å². The van der Waals surface area contributed by atoms with Gasteiger partial charge in [-0.25, -0.2) is 4.79 Å². The lowest BCUT2D eigenvalue weighted by Crippen LogP contribution is -2.26. The van der Waals surface area contributed by atoms with Crippen molar-refractivity contribution in [3.63, 3.8) is 0 Å². The number of carboxylic acids is 1. The molecule has 1 atom stereocenters. The van der Waals surface area contributed by atoms with E-state index in [1.165, 1.54) is 0 Å². The van der Waals surface area contributed by atoms with Gasteiger partial charge < -0.3 is 14.6 Å². The van der Waals surface area contributed by atoms with Gasteiger partial charge in [-0.3, -0.25) is 0 Å². The fourth-order valence-corrected chi connectivity index (χ4v) is 3.91. The summed E-state index contributed by atoms with van der Waals surface area (Å²) in [7, 11) is 0.